The summed E-state index contributed by atoms with van der Waals surface area (Å²) in [5.41, 5.74) is 0.618. The number of piperazine rings is 1. The van der Waals surface area contributed by atoms with Gasteiger partial charge in [-0.25, -0.2) is 8.78 Å². The van der Waals surface area contributed by atoms with Crippen molar-refractivity contribution >= 4 is 11.8 Å². The predicted octanol–water partition coefficient (Wildman–Crippen LogP) is 0.542. The Morgan fingerprint density at radius 1 is 1.32 bits per heavy atom. The highest BCUT2D eigenvalue weighted by molar-refractivity contribution is 5.97. The highest BCUT2D eigenvalue weighted by Crippen LogP contribution is 2.23. The molecule has 22 heavy (non-hydrogen) atoms. The van der Waals surface area contributed by atoms with Crippen molar-refractivity contribution in [1.82, 2.24) is 15.5 Å². The summed E-state index contributed by atoms with van der Waals surface area (Å²) in [6, 6.07) is 2.76. The van der Waals surface area contributed by atoms with Crippen molar-refractivity contribution in [3.05, 3.63) is 35.4 Å². The third-order valence-electron chi connectivity index (χ3n) is 4.19. The van der Waals surface area contributed by atoms with Gasteiger partial charge in [0, 0.05) is 19.1 Å². The van der Waals surface area contributed by atoms with Crippen molar-refractivity contribution < 1.29 is 18.4 Å². The maximum atomic E-state index is 13.2. The first kappa shape index (κ1) is 14.9. The van der Waals surface area contributed by atoms with Crippen LogP contribution in [0.4, 0.5) is 8.78 Å². The normalized spacial score (nSPS) is 27.8. The minimum atomic E-state index is -0.883. The Bertz CT molecular complexity index is 623. The lowest BCUT2D eigenvalue weighted by Gasteiger charge is -2.32. The maximum absolute atomic E-state index is 13.2. The van der Waals surface area contributed by atoms with Crippen LogP contribution < -0.4 is 10.6 Å². The van der Waals surface area contributed by atoms with E-state index in [9.17, 15) is 18.4 Å². The number of amides is 2. The summed E-state index contributed by atoms with van der Waals surface area (Å²) in [7, 11) is 0. The fourth-order valence-electron chi connectivity index (χ4n) is 3.01. The first-order valence-corrected chi connectivity index (χ1v) is 7.24. The first-order valence-electron chi connectivity index (χ1n) is 7.24. The number of carbonyl (C=O) groups is 2. The van der Waals surface area contributed by atoms with Crippen molar-refractivity contribution in [2.75, 3.05) is 6.54 Å². The molecule has 2 aliphatic rings. The van der Waals surface area contributed by atoms with E-state index in [1.54, 1.807) is 11.8 Å². The Labute approximate surface area is 126 Å². The SMILES string of the molecule is C[C@@H]1NC(=O)[C@@H]2C[C@H](NCc3ccc(F)c(F)c3)CN2C1=O. The van der Waals surface area contributed by atoms with E-state index >= 15 is 0 Å². The molecule has 0 radical (unpaired) electrons. The van der Waals surface area contributed by atoms with Gasteiger partial charge in [0.2, 0.25) is 11.8 Å². The molecular weight excluding hydrogens is 292 g/mol. The van der Waals surface area contributed by atoms with Crippen LogP contribution in [0.5, 0.6) is 0 Å². The van der Waals surface area contributed by atoms with Crippen LogP contribution in [0.2, 0.25) is 0 Å². The van der Waals surface area contributed by atoms with Gasteiger partial charge < -0.3 is 15.5 Å². The zero-order valence-electron chi connectivity index (χ0n) is 12.1. The molecule has 0 aliphatic carbocycles. The topological polar surface area (TPSA) is 61.4 Å². The molecule has 2 N–H and O–H groups in total. The molecule has 0 saturated carbocycles. The predicted molar refractivity (Wildman–Crippen MR) is 74.7 cm³/mol. The molecule has 5 nitrogen and oxygen atoms in total. The Kier molecular flexibility index (Phi) is 3.82. The van der Waals surface area contributed by atoms with E-state index in [2.05, 4.69) is 10.6 Å². The van der Waals surface area contributed by atoms with E-state index < -0.39 is 23.7 Å². The van der Waals surface area contributed by atoms with Crippen molar-refractivity contribution in [2.24, 2.45) is 0 Å². The van der Waals surface area contributed by atoms with Crippen LogP contribution in [0.25, 0.3) is 0 Å². The van der Waals surface area contributed by atoms with Gasteiger partial charge in [-0.1, -0.05) is 6.07 Å². The molecule has 2 aliphatic heterocycles. The van der Waals surface area contributed by atoms with Gasteiger partial charge in [-0.3, -0.25) is 9.59 Å². The largest absolute Gasteiger partial charge is 0.343 e. The Morgan fingerprint density at radius 2 is 2.09 bits per heavy atom. The van der Waals surface area contributed by atoms with Crippen LogP contribution in [0.15, 0.2) is 18.2 Å². The van der Waals surface area contributed by atoms with E-state index in [0.29, 0.717) is 25.1 Å². The maximum Gasteiger partial charge on any atom is 0.245 e. The van der Waals surface area contributed by atoms with Crippen LogP contribution in [0.1, 0.15) is 18.9 Å². The van der Waals surface area contributed by atoms with Crippen molar-refractivity contribution in [1.29, 1.82) is 0 Å². The molecule has 1 aromatic carbocycles. The summed E-state index contributed by atoms with van der Waals surface area (Å²) in [4.78, 5) is 25.5. The van der Waals surface area contributed by atoms with Crippen molar-refractivity contribution in [3.8, 4) is 0 Å². The molecule has 1 aromatic rings. The first-order chi connectivity index (χ1) is 10.5. The standard InChI is InChI=1S/C15H17F2N3O2/c1-8-15(22)20-7-10(5-13(20)14(21)19-8)18-6-9-2-3-11(16)12(17)4-9/h2-4,8,10,13,18H,5-7H2,1H3,(H,19,21)/t8-,10-,13-/m0/s1. The fourth-order valence-corrected chi connectivity index (χ4v) is 3.01. The van der Waals surface area contributed by atoms with Gasteiger partial charge >= 0.3 is 0 Å². The molecule has 3 atom stereocenters. The zero-order valence-corrected chi connectivity index (χ0v) is 12.1. The molecule has 2 saturated heterocycles. The van der Waals surface area contributed by atoms with Gasteiger partial charge in [-0.05, 0) is 31.0 Å². The molecular formula is C15H17F2N3O2. The fraction of sp³-hybridized carbons (Fsp3) is 0.467. The average Bonchev–Trinajstić information content (AvgIpc) is 2.91. The van der Waals surface area contributed by atoms with Gasteiger partial charge in [0.1, 0.15) is 12.1 Å². The van der Waals surface area contributed by atoms with Crippen LogP contribution in [-0.2, 0) is 16.1 Å². The third kappa shape index (κ3) is 2.68. The van der Waals surface area contributed by atoms with Crippen LogP contribution in [0.3, 0.4) is 0 Å². The van der Waals surface area contributed by atoms with Crippen LogP contribution >= 0.6 is 0 Å². The summed E-state index contributed by atoms with van der Waals surface area (Å²) in [5.74, 6) is -1.98. The average molecular weight is 309 g/mol. The Morgan fingerprint density at radius 3 is 2.82 bits per heavy atom. The van der Waals surface area contributed by atoms with E-state index in [-0.39, 0.29) is 17.9 Å². The van der Waals surface area contributed by atoms with E-state index in [4.69, 9.17) is 0 Å². The lowest BCUT2D eigenvalue weighted by Crippen LogP contribution is -2.60. The highest BCUT2D eigenvalue weighted by Gasteiger charge is 2.44. The summed E-state index contributed by atoms with van der Waals surface area (Å²) >= 11 is 0. The van der Waals surface area contributed by atoms with Gasteiger partial charge in [-0.2, -0.15) is 0 Å². The summed E-state index contributed by atoms with van der Waals surface area (Å²) < 4.78 is 26.0. The summed E-state index contributed by atoms with van der Waals surface area (Å²) in [5, 5.41) is 5.85. The Hall–Kier alpha value is -2.02. The second-order valence-corrected chi connectivity index (χ2v) is 5.80. The van der Waals surface area contributed by atoms with E-state index in [1.807, 2.05) is 0 Å². The number of benzene rings is 1. The van der Waals surface area contributed by atoms with Crippen molar-refractivity contribution in [2.45, 2.75) is 38.0 Å². The number of carbonyl (C=O) groups excluding carboxylic acids is 2. The molecule has 0 aromatic heterocycles. The molecule has 0 spiro atoms. The van der Waals surface area contributed by atoms with Gasteiger partial charge in [0.25, 0.3) is 0 Å². The second kappa shape index (κ2) is 5.64. The third-order valence-corrected chi connectivity index (χ3v) is 4.19. The minimum Gasteiger partial charge on any atom is -0.343 e. The number of nitrogens with zero attached hydrogens (tertiary/aromatic N) is 1. The monoisotopic (exact) mass is 309 g/mol. The molecule has 3 rings (SSSR count). The molecule has 0 bridgehead atoms. The minimum absolute atomic E-state index is 0.0434. The van der Waals surface area contributed by atoms with Crippen LogP contribution in [-0.4, -0.2) is 41.4 Å². The number of rotatable bonds is 3. The lowest BCUT2D eigenvalue weighted by atomic mass is 10.1. The number of fused-ring (bicyclic) bond motifs is 1. The molecule has 2 amide bonds. The Balaban J connectivity index is 1.62. The molecule has 2 fully saturated rings. The van der Waals surface area contributed by atoms with Crippen LogP contribution in [0, 0.1) is 11.6 Å². The number of nitrogens with one attached hydrogen (secondary N) is 2. The number of hydrogen-bond donors (Lipinski definition) is 2. The number of halogens is 2. The van der Waals surface area contributed by atoms with E-state index in [0.717, 1.165) is 12.1 Å². The van der Waals surface area contributed by atoms with Gasteiger partial charge in [0.05, 0.1) is 0 Å². The second-order valence-electron chi connectivity index (χ2n) is 5.80. The summed E-state index contributed by atoms with van der Waals surface area (Å²) in [6.45, 7) is 2.47. The van der Waals surface area contributed by atoms with Gasteiger partial charge in [-0.15, -0.1) is 0 Å². The molecule has 2 heterocycles. The molecule has 118 valence electrons. The zero-order chi connectivity index (χ0) is 15.9. The van der Waals surface area contributed by atoms with Gasteiger partial charge in [0.15, 0.2) is 11.6 Å². The lowest BCUT2D eigenvalue weighted by molar-refractivity contribution is -0.146. The molecule has 0 unspecified atom stereocenters. The quantitative estimate of drug-likeness (QED) is 0.857. The number of hydrogen-bond acceptors (Lipinski definition) is 3. The van der Waals surface area contributed by atoms with E-state index in [1.165, 1.54) is 6.07 Å². The summed E-state index contributed by atoms with van der Waals surface area (Å²) in [6.07, 6.45) is 0.522. The molecule has 7 heteroatoms. The smallest absolute Gasteiger partial charge is 0.245 e. The highest BCUT2D eigenvalue weighted by atomic mass is 19.2. The van der Waals surface area contributed by atoms with Crippen molar-refractivity contribution in [3.63, 3.8) is 0 Å².